The van der Waals surface area contributed by atoms with E-state index in [1.54, 1.807) is 29.2 Å². The summed E-state index contributed by atoms with van der Waals surface area (Å²) in [6, 6.07) is 8.21. The Bertz CT molecular complexity index is 1150. The molecule has 0 unspecified atom stereocenters. The Morgan fingerprint density at radius 1 is 1.00 bits per heavy atom. The predicted molar refractivity (Wildman–Crippen MR) is 98.3 cm³/mol. The average Bonchev–Trinajstić information content (AvgIpc) is 3.06. The van der Waals surface area contributed by atoms with E-state index in [0.29, 0.717) is 5.56 Å². The molecule has 0 bridgehead atoms. The van der Waals surface area contributed by atoms with E-state index in [1.807, 2.05) is 13.2 Å². The molecule has 0 aliphatic carbocycles. The van der Waals surface area contributed by atoms with Gasteiger partial charge in [0, 0.05) is 31.5 Å². The average molecular weight is 407 g/mol. The molecule has 0 atom stereocenters. The summed E-state index contributed by atoms with van der Waals surface area (Å²) in [5.74, 6) is 0. The summed E-state index contributed by atoms with van der Waals surface area (Å²) in [5, 5.41) is 9.08. The van der Waals surface area contributed by atoms with Crippen molar-refractivity contribution in [1.29, 1.82) is 0 Å². The van der Waals surface area contributed by atoms with E-state index in [1.165, 1.54) is 12.1 Å². The number of nitrogens with one attached hydrogen (secondary N) is 1. The van der Waals surface area contributed by atoms with Crippen molar-refractivity contribution >= 4 is 20.0 Å². The predicted octanol–water partition coefficient (Wildman–Crippen LogP) is 0.608. The first-order valence-electron chi connectivity index (χ1n) is 7.72. The highest BCUT2D eigenvalue weighted by Gasteiger charge is 2.15. The SMILES string of the molecule is Cn1cc(-c2ccc(CNS(=O)(=O)c3ccc(S(N)(=O)=O)cc3)cn2)cn1. The van der Waals surface area contributed by atoms with Crippen LogP contribution in [0, 0.1) is 0 Å². The fourth-order valence-electron chi connectivity index (χ4n) is 2.32. The van der Waals surface area contributed by atoms with E-state index < -0.39 is 20.0 Å². The molecule has 0 amide bonds. The Morgan fingerprint density at radius 3 is 2.19 bits per heavy atom. The van der Waals surface area contributed by atoms with Gasteiger partial charge in [-0.1, -0.05) is 6.07 Å². The third-order valence-corrected chi connectivity index (χ3v) is 6.10. The van der Waals surface area contributed by atoms with Crippen molar-refractivity contribution in [3.05, 3.63) is 60.6 Å². The van der Waals surface area contributed by atoms with E-state index in [0.717, 1.165) is 23.4 Å². The lowest BCUT2D eigenvalue weighted by Crippen LogP contribution is -2.23. The van der Waals surface area contributed by atoms with Crippen LogP contribution in [0.25, 0.3) is 11.3 Å². The van der Waals surface area contributed by atoms with Gasteiger partial charge in [-0.2, -0.15) is 5.10 Å². The van der Waals surface area contributed by atoms with Crippen LogP contribution < -0.4 is 9.86 Å². The Kier molecular flexibility index (Phi) is 5.11. The summed E-state index contributed by atoms with van der Waals surface area (Å²) in [6.45, 7) is 0.0413. The van der Waals surface area contributed by atoms with E-state index in [-0.39, 0.29) is 16.3 Å². The van der Waals surface area contributed by atoms with Crippen LogP contribution in [0.2, 0.25) is 0 Å². The number of primary sulfonamides is 1. The van der Waals surface area contributed by atoms with E-state index >= 15 is 0 Å². The number of nitrogens with two attached hydrogens (primary N) is 1. The Morgan fingerprint density at radius 2 is 1.67 bits per heavy atom. The first-order chi connectivity index (χ1) is 12.6. The minimum Gasteiger partial charge on any atom is -0.275 e. The molecule has 0 saturated carbocycles. The van der Waals surface area contributed by atoms with Crippen LogP contribution >= 0.6 is 0 Å². The molecule has 0 aliphatic rings. The first-order valence-corrected chi connectivity index (χ1v) is 10.7. The lowest BCUT2D eigenvalue weighted by molar-refractivity contribution is 0.580. The van der Waals surface area contributed by atoms with Gasteiger partial charge >= 0.3 is 0 Å². The third-order valence-electron chi connectivity index (χ3n) is 3.75. The van der Waals surface area contributed by atoms with Crippen LogP contribution in [0.5, 0.6) is 0 Å². The van der Waals surface area contributed by atoms with Crippen LogP contribution in [0.1, 0.15) is 5.56 Å². The van der Waals surface area contributed by atoms with Crippen LogP contribution in [0.4, 0.5) is 0 Å². The topological polar surface area (TPSA) is 137 Å². The number of nitrogens with zero attached hydrogens (tertiary/aromatic N) is 3. The van der Waals surface area contributed by atoms with Crippen molar-refractivity contribution in [2.45, 2.75) is 16.3 Å². The summed E-state index contributed by atoms with van der Waals surface area (Å²) < 4.78 is 51.3. The minimum absolute atomic E-state index is 0.0413. The Labute approximate surface area is 157 Å². The van der Waals surface area contributed by atoms with Crippen molar-refractivity contribution in [2.75, 3.05) is 0 Å². The van der Waals surface area contributed by atoms with Gasteiger partial charge in [-0.15, -0.1) is 0 Å². The van der Waals surface area contributed by atoms with Gasteiger partial charge in [0.15, 0.2) is 0 Å². The molecule has 2 heterocycles. The van der Waals surface area contributed by atoms with Crippen molar-refractivity contribution in [3.63, 3.8) is 0 Å². The van der Waals surface area contributed by atoms with E-state index in [4.69, 9.17) is 5.14 Å². The van der Waals surface area contributed by atoms with Gasteiger partial charge in [-0.3, -0.25) is 9.67 Å². The highest BCUT2D eigenvalue weighted by Crippen LogP contribution is 2.17. The van der Waals surface area contributed by atoms with Crippen molar-refractivity contribution in [2.24, 2.45) is 12.2 Å². The van der Waals surface area contributed by atoms with Gasteiger partial charge in [0.05, 0.1) is 21.7 Å². The molecule has 142 valence electrons. The molecule has 11 heteroatoms. The number of aromatic nitrogens is 3. The van der Waals surface area contributed by atoms with Gasteiger partial charge in [-0.05, 0) is 35.9 Å². The number of hydrogen-bond acceptors (Lipinski definition) is 6. The van der Waals surface area contributed by atoms with Crippen LogP contribution in [-0.4, -0.2) is 31.6 Å². The highest BCUT2D eigenvalue weighted by molar-refractivity contribution is 7.89. The maximum Gasteiger partial charge on any atom is 0.240 e. The zero-order valence-corrected chi connectivity index (χ0v) is 15.9. The van der Waals surface area contributed by atoms with Crippen molar-refractivity contribution in [3.8, 4) is 11.3 Å². The van der Waals surface area contributed by atoms with Gasteiger partial charge in [0.25, 0.3) is 0 Å². The molecule has 27 heavy (non-hydrogen) atoms. The largest absolute Gasteiger partial charge is 0.275 e. The van der Waals surface area contributed by atoms with E-state index in [2.05, 4.69) is 14.8 Å². The van der Waals surface area contributed by atoms with Crippen LogP contribution in [-0.2, 0) is 33.6 Å². The first kappa shape index (κ1) is 19.2. The monoisotopic (exact) mass is 407 g/mol. The molecule has 1 aromatic carbocycles. The molecule has 0 aliphatic heterocycles. The second-order valence-electron chi connectivity index (χ2n) is 5.80. The zero-order valence-electron chi connectivity index (χ0n) is 14.3. The number of benzene rings is 1. The molecule has 0 radical (unpaired) electrons. The number of sulfonamides is 2. The van der Waals surface area contributed by atoms with Crippen molar-refractivity contribution in [1.82, 2.24) is 19.5 Å². The molecule has 0 saturated heterocycles. The fraction of sp³-hybridized carbons (Fsp3) is 0.125. The second-order valence-corrected chi connectivity index (χ2v) is 9.12. The van der Waals surface area contributed by atoms with Crippen molar-refractivity contribution < 1.29 is 16.8 Å². The van der Waals surface area contributed by atoms with E-state index in [9.17, 15) is 16.8 Å². The third kappa shape index (κ3) is 4.57. The zero-order chi connectivity index (χ0) is 19.7. The normalized spacial score (nSPS) is 12.2. The van der Waals surface area contributed by atoms with Gasteiger partial charge < -0.3 is 0 Å². The van der Waals surface area contributed by atoms with Gasteiger partial charge in [-0.25, -0.2) is 26.7 Å². The minimum atomic E-state index is -3.88. The smallest absolute Gasteiger partial charge is 0.240 e. The molecule has 3 aromatic rings. The van der Waals surface area contributed by atoms with Crippen LogP contribution in [0.15, 0.2) is 64.8 Å². The molecule has 0 fully saturated rings. The number of pyridine rings is 1. The van der Waals surface area contributed by atoms with Gasteiger partial charge in [0.1, 0.15) is 0 Å². The lowest BCUT2D eigenvalue weighted by Gasteiger charge is -2.08. The highest BCUT2D eigenvalue weighted by atomic mass is 32.2. The Balaban J connectivity index is 1.70. The lowest BCUT2D eigenvalue weighted by atomic mass is 10.2. The molecule has 3 N–H and O–H groups in total. The van der Waals surface area contributed by atoms with Gasteiger partial charge in [0.2, 0.25) is 20.0 Å². The summed E-state index contributed by atoms with van der Waals surface area (Å²) in [4.78, 5) is 4.09. The Hall–Kier alpha value is -2.60. The fourth-order valence-corrected chi connectivity index (χ4v) is 3.86. The summed E-state index contributed by atoms with van der Waals surface area (Å²) in [5.41, 5.74) is 2.26. The summed E-state index contributed by atoms with van der Waals surface area (Å²) in [7, 11) is -5.87. The second kappa shape index (κ2) is 7.19. The molecule has 9 nitrogen and oxygen atoms in total. The molecular formula is C16H17N5O4S2. The van der Waals surface area contributed by atoms with Crippen LogP contribution in [0.3, 0.4) is 0 Å². The molecule has 3 rings (SSSR count). The quantitative estimate of drug-likeness (QED) is 0.614. The summed E-state index contributed by atoms with van der Waals surface area (Å²) >= 11 is 0. The standard InChI is InChI=1S/C16H17N5O4S2/c1-21-11-13(10-19-21)16-7-2-12(8-18-16)9-20-27(24,25)15-5-3-14(4-6-15)26(17,22)23/h2-8,10-11,20H,9H2,1H3,(H2,17,22,23). The summed E-state index contributed by atoms with van der Waals surface area (Å²) in [6.07, 6.45) is 5.10. The number of aryl methyl sites for hydroxylation is 1. The number of rotatable bonds is 6. The molecule has 0 spiro atoms. The maximum absolute atomic E-state index is 12.3. The molecular weight excluding hydrogens is 390 g/mol. The number of hydrogen-bond donors (Lipinski definition) is 2. The molecule has 2 aromatic heterocycles. The maximum atomic E-state index is 12.3.